The van der Waals surface area contributed by atoms with Gasteiger partial charge in [-0.2, -0.15) is 0 Å². The fraction of sp³-hybridized carbons (Fsp3) is 0.812. The number of ether oxygens (including phenoxy) is 3. The number of rotatable bonds is 9. The molecule has 0 aliphatic heterocycles. The van der Waals surface area contributed by atoms with Crippen molar-refractivity contribution in [1.82, 2.24) is 0 Å². The second-order valence-electron chi connectivity index (χ2n) is 5.82. The maximum atomic E-state index is 11.0. The molecule has 0 bridgehead atoms. The minimum absolute atomic E-state index is 0.00220. The highest BCUT2D eigenvalue weighted by Gasteiger charge is 2.43. The Morgan fingerprint density at radius 2 is 1.86 bits per heavy atom. The fourth-order valence-electron chi connectivity index (χ4n) is 3.23. The van der Waals surface area contributed by atoms with Crippen molar-refractivity contribution in [2.45, 2.75) is 50.5 Å². The number of unbranched alkanes of at least 4 members (excludes halogenated alkanes) is 1. The van der Waals surface area contributed by atoms with Crippen LogP contribution >= 0.6 is 0 Å². The van der Waals surface area contributed by atoms with Crippen LogP contribution in [-0.4, -0.2) is 45.7 Å². The predicted octanol–water partition coefficient (Wildman–Crippen LogP) is 1.19. The molecule has 0 saturated heterocycles. The Hall–Kier alpha value is -0.950. The van der Waals surface area contributed by atoms with Crippen molar-refractivity contribution in [2.75, 3.05) is 21.3 Å². The van der Waals surface area contributed by atoms with Crippen molar-refractivity contribution in [3.8, 4) is 0 Å². The Balaban J connectivity index is 2.45. The third kappa shape index (κ3) is 5.35. The first kappa shape index (κ1) is 19.1. The molecular formula is C16H30N2O4. The van der Waals surface area contributed by atoms with E-state index in [9.17, 15) is 4.79 Å². The minimum Gasteiger partial charge on any atom is -0.469 e. The van der Waals surface area contributed by atoms with Gasteiger partial charge >= 0.3 is 5.97 Å². The molecule has 6 heteroatoms. The van der Waals surface area contributed by atoms with E-state index in [-0.39, 0.29) is 36.2 Å². The lowest BCUT2D eigenvalue weighted by Gasteiger charge is -2.29. The number of carbonyl (C=O) groups is 1. The molecule has 0 aromatic carbocycles. The molecule has 0 amide bonds. The van der Waals surface area contributed by atoms with E-state index in [0.29, 0.717) is 6.42 Å². The van der Waals surface area contributed by atoms with Crippen molar-refractivity contribution < 1.29 is 19.0 Å². The van der Waals surface area contributed by atoms with Gasteiger partial charge < -0.3 is 25.7 Å². The van der Waals surface area contributed by atoms with E-state index in [0.717, 1.165) is 25.7 Å². The first-order valence-electron chi connectivity index (χ1n) is 7.83. The van der Waals surface area contributed by atoms with Gasteiger partial charge in [0.25, 0.3) is 0 Å². The van der Waals surface area contributed by atoms with Gasteiger partial charge in [0.1, 0.15) is 0 Å². The van der Waals surface area contributed by atoms with Gasteiger partial charge in [0.05, 0.1) is 7.11 Å². The summed E-state index contributed by atoms with van der Waals surface area (Å²) in [6.45, 7) is 0. The van der Waals surface area contributed by atoms with E-state index in [1.54, 1.807) is 14.2 Å². The molecule has 0 aromatic heterocycles. The summed E-state index contributed by atoms with van der Waals surface area (Å²) in [5.74, 6) is 0.182. The highest BCUT2D eigenvalue weighted by molar-refractivity contribution is 5.68. The summed E-state index contributed by atoms with van der Waals surface area (Å²) in [6, 6.07) is 0.0603. The summed E-state index contributed by atoms with van der Waals surface area (Å²) in [5.41, 5.74) is 12.4. The van der Waals surface area contributed by atoms with Gasteiger partial charge in [-0.1, -0.05) is 12.2 Å². The van der Waals surface area contributed by atoms with Gasteiger partial charge in [-0.15, -0.1) is 0 Å². The zero-order valence-corrected chi connectivity index (χ0v) is 13.9. The Morgan fingerprint density at radius 1 is 1.18 bits per heavy atom. The van der Waals surface area contributed by atoms with Crippen LogP contribution in [0, 0.1) is 11.8 Å². The third-order valence-corrected chi connectivity index (χ3v) is 4.42. The molecule has 1 aliphatic carbocycles. The topological polar surface area (TPSA) is 96.8 Å². The molecule has 0 heterocycles. The molecule has 4 unspecified atom stereocenters. The molecule has 1 saturated carbocycles. The molecule has 1 rings (SSSR count). The lowest BCUT2D eigenvalue weighted by atomic mass is 9.88. The van der Waals surface area contributed by atoms with E-state index in [2.05, 4.69) is 16.9 Å². The van der Waals surface area contributed by atoms with Crippen LogP contribution in [0.4, 0.5) is 0 Å². The zero-order valence-electron chi connectivity index (χ0n) is 13.9. The van der Waals surface area contributed by atoms with Crippen LogP contribution < -0.4 is 11.5 Å². The zero-order chi connectivity index (χ0) is 16.5. The SMILES string of the molecule is COC(=O)CCC/C=C\CC1C(N)CC(N)C1C(OC)OC. The normalized spacial score (nSPS) is 28.6. The number of carbonyl (C=O) groups excluding carboxylic acids is 1. The largest absolute Gasteiger partial charge is 0.469 e. The number of hydrogen-bond donors (Lipinski definition) is 2. The molecule has 1 fully saturated rings. The monoisotopic (exact) mass is 314 g/mol. The lowest BCUT2D eigenvalue weighted by Crippen LogP contribution is -2.40. The summed E-state index contributed by atoms with van der Waals surface area (Å²) < 4.78 is 15.4. The Kier molecular flexibility index (Phi) is 8.63. The quantitative estimate of drug-likeness (QED) is 0.287. The predicted molar refractivity (Wildman–Crippen MR) is 85.0 cm³/mol. The van der Waals surface area contributed by atoms with Crippen LogP contribution in [0.2, 0.25) is 0 Å². The summed E-state index contributed by atoms with van der Waals surface area (Å²) in [5, 5.41) is 0. The van der Waals surface area contributed by atoms with Crippen molar-refractivity contribution in [2.24, 2.45) is 23.3 Å². The van der Waals surface area contributed by atoms with Gasteiger partial charge in [0.2, 0.25) is 0 Å². The van der Waals surface area contributed by atoms with Crippen LogP contribution in [0.5, 0.6) is 0 Å². The van der Waals surface area contributed by atoms with E-state index in [1.807, 2.05) is 0 Å². The second-order valence-corrected chi connectivity index (χ2v) is 5.82. The molecule has 0 spiro atoms. The second kappa shape index (κ2) is 9.94. The van der Waals surface area contributed by atoms with E-state index in [1.165, 1.54) is 7.11 Å². The van der Waals surface area contributed by atoms with Gasteiger partial charge in [-0.05, 0) is 31.6 Å². The maximum Gasteiger partial charge on any atom is 0.305 e. The number of allylic oxidation sites excluding steroid dienone is 2. The Morgan fingerprint density at radius 3 is 2.45 bits per heavy atom. The lowest BCUT2D eigenvalue weighted by molar-refractivity contribution is -0.148. The molecule has 22 heavy (non-hydrogen) atoms. The first-order valence-corrected chi connectivity index (χ1v) is 7.83. The fourth-order valence-corrected chi connectivity index (χ4v) is 3.23. The van der Waals surface area contributed by atoms with Crippen LogP contribution in [0.15, 0.2) is 12.2 Å². The van der Waals surface area contributed by atoms with E-state index in [4.69, 9.17) is 20.9 Å². The Bertz CT molecular complexity index is 358. The molecule has 128 valence electrons. The number of hydrogen-bond acceptors (Lipinski definition) is 6. The van der Waals surface area contributed by atoms with Gasteiger partial charge in [-0.3, -0.25) is 4.79 Å². The van der Waals surface area contributed by atoms with Crippen LogP contribution in [0.25, 0.3) is 0 Å². The summed E-state index contributed by atoms with van der Waals surface area (Å²) >= 11 is 0. The summed E-state index contributed by atoms with van der Waals surface area (Å²) in [7, 11) is 4.67. The van der Waals surface area contributed by atoms with Crippen LogP contribution in [0.1, 0.15) is 32.1 Å². The molecule has 0 radical (unpaired) electrons. The standard InChI is InChI=1S/C16H30N2O4/c1-20-14(19)9-7-5-4-6-8-11-12(17)10-13(18)15(11)16(21-2)22-3/h4,6,11-13,15-16H,5,7-10,17-18H2,1-3H3/b6-4-. The Labute approximate surface area is 133 Å². The summed E-state index contributed by atoms with van der Waals surface area (Å²) in [4.78, 5) is 11.0. The van der Waals surface area contributed by atoms with Gasteiger partial charge in [-0.25, -0.2) is 0 Å². The average molecular weight is 314 g/mol. The maximum absolute atomic E-state index is 11.0. The molecule has 4 atom stereocenters. The first-order chi connectivity index (χ1) is 10.5. The van der Waals surface area contributed by atoms with Crippen LogP contribution in [-0.2, 0) is 19.0 Å². The van der Waals surface area contributed by atoms with Crippen molar-refractivity contribution in [3.63, 3.8) is 0 Å². The molecule has 6 nitrogen and oxygen atoms in total. The molecule has 4 N–H and O–H groups in total. The highest BCUT2D eigenvalue weighted by Crippen LogP contribution is 2.36. The van der Waals surface area contributed by atoms with Crippen molar-refractivity contribution in [1.29, 1.82) is 0 Å². The van der Waals surface area contributed by atoms with Crippen molar-refractivity contribution in [3.05, 3.63) is 12.2 Å². The number of nitrogens with two attached hydrogens (primary N) is 2. The molecule has 1 aliphatic rings. The van der Waals surface area contributed by atoms with Gasteiger partial charge in [0.15, 0.2) is 6.29 Å². The number of esters is 1. The smallest absolute Gasteiger partial charge is 0.305 e. The van der Waals surface area contributed by atoms with Gasteiger partial charge in [0, 0.05) is 38.6 Å². The third-order valence-electron chi connectivity index (χ3n) is 4.42. The molecule has 0 aromatic rings. The minimum atomic E-state index is -0.318. The van der Waals surface area contributed by atoms with E-state index >= 15 is 0 Å². The molecular weight excluding hydrogens is 284 g/mol. The highest BCUT2D eigenvalue weighted by atomic mass is 16.7. The number of methoxy groups -OCH3 is 3. The van der Waals surface area contributed by atoms with E-state index < -0.39 is 0 Å². The summed E-state index contributed by atoms with van der Waals surface area (Å²) in [6.07, 6.45) is 7.62. The average Bonchev–Trinajstić information content (AvgIpc) is 2.78. The van der Waals surface area contributed by atoms with Crippen LogP contribution in [0.3, 0.4) is 0 Å². The van der Waals surface area contributed by atoms with Crippen molar-refractivity contribution >= 4 is 5.97 Å².